The van der Waals surface area contributed by atoms with E-state index in [1.807, 2.05) is 30.3 Å². The summed E-state index contributed by atoms with van der Waals surface area (Å²) in [6.45, 7) is 6.10. The number of ether oxygens (including phenoxy) is 1. The van der Waals surface area contributed by atoms with Crippen LogP contribution < -0.4 is 5.32 Å². The molecule has 8 heteroatoms. The second-order valence-corrected chi connectivity index (χ2v) is 7.71. The maximum atomic E-state index is 12.1. The van der Waals surface area contributed by atoms with Gasteiger partial charge in [0.05, 0.1) is 29.6 Å². The number of thioether (sulfide) groups is 1. The molecule has 0 atom stereocenters. The molecule has 0 spiro atoms. The highest BCUT2D eigenvalue weighted by Crippen LogP contribution is 2.25. The molecule has 0 aliphatic rings. The molecule has 0 bridgehead atoms. The van der Waals surface area contributed by atoms with E-state index in [0.29, 0.717) is 19.1 Å². The smallest absolute Gasteiger partial charge is 0.230 e. The van der Waals surface area contributed by atoms with Gasteiger partial charge in [-0.15, -0.1) is 0 Å². The van der Waals surface area contributed by atoms with Crippen LogP contribution >= 0.6 is 11.8 Å². The number of carbonyl (C=O) groups excluding carboxylic acids is 1. The molecule has 0 fully saturated rings. The first kappa shape index (κ1) is 20.3. The fraction of sp³-hybridized carbons (Fsp3) is 0.400. The number of fused-ring (bicyclic) bond motifs is 1. The van der Waals surface area contributed by atoms with Crippen LogP contribution in [0.25, 0.3) is 16.7 Å². The number of nitrogens with one attached hydrogen (secondary N) is 1. The third-order valence-corrected chi connectivity index (χ3v) is 5.08. The average molecular weight is 400 g/mol. The summed E-state index contributed by atoms with van der Waals surface area (Å²) >= 11 is 1.38. The highest BCUT2D eigenvalue weighted by molar-refractivity contribution is 8.00. The zero-order valence-electron chi connectivity index (χ0n) is 16.2. The first-order valence-corrected chi connectivity index (χ1v) is 10.3. The maximum Gasteiger partial charge on any atom is 0.230 e. The molecule has 1 aromatic carbocycles. The van der Waals surface area contributed by atoms with Gasteiger partial charge < -0.3 is 10.1 Å². The molecule has 3 rings (SSSR count). The van der Waals surface area contributed by atoms with Crippen LogP contribution in [0.5, 0.6) is 0 Å². The minimum Gasteiger partial charge on any atom is -0.380 e. The van der Waals surface area contributed by atoms with Crippen LogP contribution in [-0.4, -0.2) is 51.2 Å². The highest BCUT2D eigenvalue weighted by atomic mass is 32.2. The van der Waals surface area contributed by atoms with E-state index in [1.165, 1.54) is 18.1 Å². The molecule has 7 nitrogen and oxygen atoms in total. The van der Waals surface area contributed by atoms with Crippen molar-refractivity contribution in [1.29, 1.82) is 0 Å². The Hall–Kier alpha value is -2.45. The van der Waals surface area contributed by atoms with Gasteiger partial charge in [0, 0.05) is 13.2 Å². The summed E-state index contributed by atoms with van der Waals surface area (Å²) in [6, 6.07) is 9.81. The van der Waals surface area contributed by atoms with Gasteiger partial charge >= 0.3 is 0 Å². The van der Waals surface area contributed by atoms with Gasteiger partial charge in [0.25, 0.3) is 0 Å². The SMILES string of the molecule is CC(C)CCOCCNC(=O)CSc1ncnc2c1cnn2-c1ccccc1. The van der Waals surface area contributed by atoms with Crippen molar-refractivity contribution in [2.45, 2.75) is 25.3 Å². The minimum absolute atomic E-state index is 0.0420. The average Bonchev–Trinajstić information content (AvgIpc) is 3.14. The standard InChI is InChI=1S/C20H25N5O2S/c1-15(2)8-10-27-11-9-21-18(26)13-28-20-17-12-24-25(19(17)22-14-23-20)16-6-4-3-5-7-16/h3-7,12,14-15H,8-11,13H2,1-2H3,(H,21,26). The molecule has 0 aliphatic carbocycles. The van der Waals surface area contributed by atoms with Crippen molar-refractivity contribution >= 4 is 28.7 Å². The number of carbonyl (C=O) groups is 1. The lowest BCUT2D eigenvalue weighted by Crippen LogP contribution is -2.28. The second-order valence-electron chi connectivity index (χ2n) is 6.74. The molecule has 3 aromatic rings. The predicted octanol–water partition coefficient (Wildman–Crippen LogP) is 3.09. The van der Waals surface area contributed by atoms with Crippen molar-refractivity contribution in [1.82, 2.24) is 25.1 Å². The maximum absolute atomic E-state index is 12.1. The molecule has 1 N–H and O–H groups in total. The summed E-state index contributed by atoms with van der Waals surface area (Å²) in [5.74, 6) is 0.871. The Labute approximate surface area is 168 Å². The Morgan fingerprint density at radius 3 is 2.82 bits per heavy atom. The number of hydrogen-bond acceptors (Lipinski definition) is 6. The Balaban J connectivity index is 1.52. The van der Waals surface area contributed by atoms with E-state index in [-0.39, 0.29) is 11.7 Å². The number of nitrogens with zero attached hydrogens (tertiary/aromatic N) is 4. The number of hydrogen-bond donors (Lipinski definition) is 1. The topological polar surface area (TPSA) is 81.9 Å². The fourth-order valence-corrected chi connectivity index (χ4v) is 3.36. The van der Waals surface area contributed by atoms with Gasteiger partial charge in [-0.3, -0.25) is 4.79 Å². The third-order valence-electron chi connectivity index (χ3n) is 4.08. The lowest BCUT2D eigenvalue weighted by molar-refractivity contribution is -0.118. The molecule has 2 aromatic heterocycles. The van der Waals surface area contributed by atoms with Crippen molar-refractivity contribution in [3.63, 3.8) is 0 Å². The van der Waals surface area contributed by atoms with E-state index >= 15 is 0 Å². The summed E-state index contributed by atoms with van der Waals surface area (Å²) < 4.78 is 7.28. The number of benzene rings is 1. The van der Waals surface area contributed by atoms with Gasteiger partial charge in [-0.25, -0.2) is 14.6 Å². The van der Waals surface area contributed by atoms with Crippen molar-refractivity contribution in [2.75, 3.05) is 25.5 Å². The lowest BCUT2D eigenvalue weighted by atomic mass is 10.1. The van der Waals surface area contributed by atoms with E-state index < -0.39 is 0 Å². The summed E-state index contributed by atoms with van der Waals surface area (Å²) in [4.78, 5) is 20.7. The van der Waals surface area contributed by atoms with Gasteiger partial charge in [0.15, 0.2) is 5.65 Å². The van der Waals surface area contributed by atoms with Gasteiger partial charge in [0.1, 0.15) is 11.4 Å². The number of amides is 1. The molecule has 1 amide bonds. The number of aromatic nitrogens is 4. The zero-order valence-corrected chi connectivity index (χ0v) is 17.0. The van der Waals surface area contributed by atoms with Crippen molar-refractivity contribution in [3.8, 4) is 5.69 Å². The van der Waals surface area contributed by atoms with Gasteiger partial charge in [0.2, 0.25) is 5.91 Å². The molecule has 0 saturated heterocycles. The normalized spacial score (nSPS) is 11.2. The Kier molecular flexibility index (Phi) is 7.39. The quantitative estimate of drug-likeness (QED) is 0.320. The van der Waals surface area contributed by atoms with Crippen LogP contribution in [0.1, 0.15) is 20.3 Å². The van der Waals surface area contributed by atoms with Gasteiger partial charge in [-0.05, 0) is 24.5 Å². The van der Waals surface area contributed by atoms with E-state index in [1.54, 1.807) is 10.9 Å². The monoisotopic (exact) mass is 399 g/mol. The lowest BCUT2D eigenvalue weighted by Gasteiger charge is -2.08. The van der Waals surface area contributed by atoms with Crippen LogP contribution in [0.4, 0.5) is 0 Å². The molecule has 0 saturated carbocycles. The van der Waals surface area contributed by atoms with Crippen molar-refractivity contribution in [3.05, 3.63) is 42.9 Å². The van der Waals surface area contributed by atoms with Gasteiger partial charge in [-0.2, -0.15) is 5.10 Å². The van der Waals surface area contributed by atoms with E-state index in [0.717, 1.165) is 34.8 Å². The van der Waals surface area contributed by atoms with Crippen molar-refractivity contribution in [2.24, 2.45) is 5.92 Å². The fourth-order valence-electron chi connectivity index (χ4n) is 2.56. The number of rotatable bonds is 10. The molecular weight excluding hydrogens is 374 g/mol. The Morgan fingerprint density at radius 1 is 1.21 bits per heavy atom. The third kappa shape index (κ3) is 5.53. The summed E-state index contributed by atoms with van der Waals surface area (Å²) in [5, 5.41) is 8.88. The Morgan fingerprint density at radius 2 is 2.04 bits per heavy atom. The van der Waals surface area contributed by atoms with Crippen LogP contribution in [-0.2, 0) is 9.53 Å². The second kappa shape index (κ2) is 10.2. The first-order valence-electron chi connectivity index (χ1n) is 9.36. The summed E-state index contributed by atoms with van der Waals surface area (Å²) in [6.07, 6.45) is 4.28. The van der Waals surface area contributed by atoms with E-state index in [9.17, 15) is 4.79 Å². The Bertz CT molecular complexity index is 898. The summed E-state index contributed by atoms with van der Waals surface area (Å²) in [5.41, 5.74) is 1.66. The van der Waals surface area contributed by atoms with E-state index in [2.05, 4.69) is 34.2 Å². The largest absolute Gasteiger partial charge is 0.380 e. The minimum atomic E-state index is -0.0420. The zero-order chi connectivity index (χ0) is 19.8. The van der Waals surface area contributed by atoms with Crippen LogP contribution in [0.3, 0.4) is 0 Å². The van der Waals surface area contributed by atoms with Crippen LogP contribution in [0.15, 0.2) is 47.9 Å². The molecule has 2 heterocycles. The van der Waals surface area contributed by atoms with Crippen LogP contribution in [0.2, 0.25) is 0 Å². The predicted molar refractivity (Wildman–Crippen MR) is 111 cm³/mol. The molecule has 0 unspecified atom stereocenters. The molecule has 148 valence electrons. The number of para-hydroxylation sites is 1. The van der Waals surface area contributed by atoms with Crippen LogP contribution in [0, 0.1) is 5.92 Å². The van der Waals surface area contributed by atoms with E-state index in [4.69, 9.17) is 4.74 Å². The van der Waals surface area contributed by atoms with Gasteiger partial charge in [-0.1, -0.05) is 43.8 Å². The summed E-state index contributed by atoms with van der Waals surface area (Å²) in [7, 11) is 0. The highest BCUT2D eigenvalue weighted by Gasteiger charge is 2.12. The molecule has 0 aliphatic heterocycles. The molecular formula is C20H25N5O2S. The first-order chi connectivity index (χ1) is 13.6. The van der Waals surface area contributed by atoms with Crippen molar-refractivity contribution < 1.29 is 9.53 Å². The molecule has 28 heavy (non-hydrogen) atoms. The molecule has 0 radical (unpaired) electrons.